The van der Waals surface area contributed by atoms with Crippen LogP contribution in [0.15, 0.2) is 48.5 Å². The first-order valence-electron chi connectivity index (χ1n) is 5.76. The highest BCUT2D eigenvalue weighted by Crippen LogP contribution is 2.15. The number of esters is 1. The first-order valence-corrected chi connectivity index (χ1v) is 6.84. The van der Waals surface area contributed by atoms with Crippen molar-refractivity contribution in [2.75, 3.05) is 6.61 Å². The zero-order chi connectivity index (χ0) is 14.4. The van der Waals surface area contributed by atoms with Crippen molar-refractivity contribution in [3.63, 3.8) is 0 Å². The fourth-order valence-electron chi connectivity index (χ4n) is 1.46. The van der Waals surface area contributed by atoms with Gasteiger partial charge in [0.05, 0.1) is 11.6 Å². The van der Waals surface area contributed by atoms with Gasteiger partial charge in [-0.1, -0.05) is 6.07 Å². The zero-order valence-electron chi connectivity index (χ0n) is 10.4. The Morgan fingerprint density at radius 1 is 1.15 bits per heavy atom. The number of ether oxygens (including phenoxy) is 2. The molecular weight excluding hydrogens is 369 g/mol. The summed E-state index contributed by atoms with van der Waals surface area (Å²) < 4.78 is 11.4. The monoisotopic (exact) mass is 379 g/mol. The summed E-state index contributed by atoms with van der Waals surface area (Å²) in [4.78, 5) is 11.6. The van der Waals surface area contributed by atoms with Gasteiger partial charge in [0.2, 0.25) is 0 Å². The quantitative estimate of drug-likeness (QED) is 0.465. The minimum atomic E-state index is -0.476. The predicted molar refractivity (Wildman–Crippen MR) is 81.4 cm³/mol. The lowest BCUT2D eigenvalue weighted by Crippen LogP contribution is -2.17. The van der Waals surface area contributed by atoms with Gasteiger partial charge in [-0.05, 0) is 65.1 Å². The summed E-state index contributed by atoms with van der Waals surface area (Å²) in [6.45, 7) is -0.183. The minimum absolute atomic E-state index is 0.183. The average molecular weight is 379 g/mol. The number of halogens is 1. The van der Waals surface area contributed by atoms with Crippen LogP contribution in [0.1, 0.15) is 5.56 Å². The summed E-state index contributed by atoms with van der Waals surface area (Å²) in [7, 11) is 0. The van der Waals surface area contributed by atoms with Crippen molar-refractivity contribution in [1.29, 1.82) is 5.26 Å². The molecule has 0 saturated heterocycles. The van der Waals surface area contributed by atoms with Gasteiger partial charge in [0, 0.05) is 3.57 Å². The van der Waals surface area contributed by atoms with Crippen LogP contribution in [-0.2, 0) is 4.79 Å². The molecule has 5 heteroatoms. The smallest absolute Gasteiger partial charge is 0.349 e. The molecular formula is C15H10INO3. The Labute approximate surface area is 130 Å². The second kappa shape index (κ2) is 6.91. The van der Waals surface area contributed by atoms with Gasteiger partial charge in [-0.15, -0.1) is 0 Å². The highest BCUT2D eigenvalue weighted by atomic mass is 127. The van der Waals surface area contributed by atoms with E-state index in [0.29, 0.717) is 17.1 Å². The molecule has 0 spiro atoms. The van der Waals surface area contributed by atoms with Crippen LogP contribution >= 0.6 is 22.6 Å². The van der Waals surface area contributed by atoms with Crippen LogP contribution in [0.25, 0.3) is 0 Å². The Bertz CT molecular complexity index is 647. The van der Waals surface area contributed by atoms with Gasteiger partial charge in [0.25, 0.3) is 0 Å². The topological polar surface area (TPSA) is 59.3 Å². The maximum Gasteiger partial charge on any atom is 0.349 e. The van der Waals surface area contributed by atoms with Crippen molar-refractivity contribution < 1.29 is 14.3 Å². The number of carbonyl (C=O) groups is 1. The number of benzene rings is 2. The Hall–Kier alpha value is -2.07. The molecule has 0 fully saturated rings. The van der Waals surface area contributed by atoms with E-state index in [1.54, 1.807) is 36.4 Å². The molecule has 0 amide bonds. The first-order chi connectivity index (χ1) is 9.67. The summed E-state index contributed by atoms with van der Waals surface area (Å²) in [6.07, 6.45) is 0. The van der Waals surface area contributed by atoms with E-state index in [0.717, 1.165) is 3.57 Å². The molecule has 0 aliphatic heterocycles. The molecule has 0 saturated carbocycles. The number of hydrogen-bond donors (Lipinski definition) is 0. The third-order valence-corrected chi connectivity index (χ3v) is 3.04. The van der Waals surface area contributed by atoms with Crippen LogP contribution in [0.4, 0.5) is 0 Å². The van der Waals surface area contributed by atoms with E-state index in [4.69, 9.17) is 14.7 Å². The second-order valence-electron chi connectivity index (χ2n) is 3.86. The third-order valence-electron chi connectivity index (χ3n) is 2.37. The molecule has 2 aromatic carbocycles. The zero-order valence-corrected chi connectivity index (χ0v) is 12.5. The van der Waals surface area contributed by atoms with Crippen LogP contribution in [0, 0.1) is 14.9 Å². The van der Waals surface area contributed by atoms with Crippen molar-refractivity contribution in [2.24, 2.45) is 0 Å². The standard InChI is InChI=1S/C15H10INO3/c16-12-2-1-3-14(8-12)20-15(18)10-19-13-6-4-11(9-17)5-7-13/h1-8H,10H2. The van der Waals surface area contributed by atoms with Gasteiger partial charge in [0.1, 0.15) is 11.5 Å². The van der Waals surface area contributed by atoms with E-state index in [1.165, 1.54) is 0 Å². The van der Waals surface area contributed by atoms with Gasteiger partial charge in [-0.2, -0.15) is 5.26 Å². The summed E-state index contributed by atoms with van der Waals surface area (Å²) in [5.74, 6) is 0.533. The molecule has 20 heavy (non-hydrogen) atoms. The van der Waals surface area contributed by atoms with Gasteiger partial charge < -0.3 is 9.47 Å². The lowest BCUT2D eigenvalue weighted by atomic mass is 10.2. The maximum atomic E-state index is 11.6. The average Bonchev–Trinajstić information content (AvgIpc) is 2.46. The number of nitrogens with zero attached hydrogens (tertiary/aromatic N) is 1. The maximum absolute atomic E-state index is 11.6. The molecule has 0 heterocycles. The second-order valence-corrected chi connectivity index (χ2v) is 5.10. The lowest BCUT2D eigenvalue weighted by Gasteiger charge is -2.07. The normalized spacial score (nSPS) is 9.60. The molecule has 0 aliphatic rings. The highest BCUT2D eigenvalue weighted by Gasteiger charge is 2.06. The third kappa shape index (κ3) is 4.24. The SMILES string of the molecule is N#Cc1ccc(OCC(=O)Oc2cccc(I)c2)cc1. The number of rotatable bonds is 4. The van der Waals surface area contributed by atoms with Crippen LogP contribution in [0.5, 0.6) is 11.5 Å². The Morgan fingerprint density at radius 3 is 2.55 bits per heavy atom. The summed E-state index contributed by atoms with van der Waals surface area (Å²) in [5, 5.41) is 8.67. The fraction of sp³-hybridized carbons (Fsp3) is 0.0667. The molecule has 0 atom stereocenters. The summed E-state index contributed by atoms with van der Waals surface area (Å²) in [6, 6.07) is 15.7. The first kappa shape index (κ1) is 14.3. The molecule has 4 nitrogen and oxygen atoms in total. The number of nitriles is 1. The molecule has 2 rings (SSSR count). The van der Waals surface area contributed by atoms with Gasteiger partial charge >= 0.3 is 5.97 Å². The van der Waals surface area contributed by atoms with E-state index in [2.05, 4.69) is 22.6 Å². The van der Waals surface area contributed by atoms with Crippen molar-refractivity contribution >= 4 is 28.6 Å². The van der Waals surface area contributed by atoms with Crippen LogP contribution in [0.2, 0.25) is 0 Å². The minimum Gasteiger partial charge on any atom is -0.482 e. The predicted octanol–water partition coefficient (Wildman–Crippen LogP) is 3.15. The Morgan fingerprint density at radius 2 is 1.90 bits per heavy atom. The van der Waals surface area contributed by atoms with E-state index in [-0.39, 0.29) is 6.61 Å². The number of carbonyl (C=O) groups excluding carboxylic acids is 1. The van der Waals surface area contributed by atoms with Gasteiger partial charge in [-0.3, -0.25) is 0 Å². The molecule has 0 aliphatic carbocycles. The molecule has 100 valence electrons. The molecule has 0 bridgehead atoms. The molecule has 0 N–H and O–H groups in total. The van der Waals surface area contributed by atoms with Crippen LogP contribution in [0.3, 0.4) is 0 Å². The lowest BCUT2D eigenvalue weighted by molar-refractivity contribution is -0.136. The van der Waals surface area contributed by atoms with Crippen LogP contribution in [-0.4, -0.2) is 12.6 Å². The van der Waals surface area contributed by atoms with Crippen molar-refractivity contribution in [2.45, 2.75) is 0 Å². The number of hydrogen-bond acceptors (Lipinski definition) is 4. The van der Waals surface area contributed by atoms with Gasteiger partial charge in [-0.25, -0.2) is 4.79 Å². The summed E-state index contributed by atoms with van der Waals surface area (Å²) >= 11 is 2.14. The molecule has 0 unspecified atom stereocenters. The Kier molecular flexibility index (Phi) is 4.96. The van der Waals surface area contributed by atoms with Crippen LogP contribution < -0.4 is 9.47 Å². The van der Waals surface area contributed by atoms with E-state index >= 15 is 0 Å². The van der Waals surface area contributed by atoms with Gasteiger partial charge in [0.15, 0.2) is 6.61 Å². The fourth-order valence-corrected chi connectivity index (χ4v) is 1.97. The van der Waals surface area contributed by atoms with E-state index < -0.39 is 5.97 Å². The van der Waals surface area contributed by atoms with Crippen molar-refractivity contribution in [3.05, 3.63) is 57.7 Å². The molecule has 0 radical (unpaired) electrons. The van der Waals surface area contributed by atoms with Crippen molar-refractivity contribution in [3.8, 4) is 17.6 Å². The Balaban J connectivity index is 1.87. The van der Waals surface area contributed by atoms with E-state index in [1.807, 2.05) is 18.2 Å². The van der Waals surface area contributed by atoms with Crippen molar-refractivity contribution in [1.82, 2.24) is 0 Å². The van der Waals surface area contributed by atoms with E-state index in [9.17, 15) is 4.79 Å². The largest absolute Gasteiger partial charge is 0.482 e. The highest BCUT2D eigenvalue weighted by molar-refractivity contribution is 14.1. The molecule has 0 aromatic heterocycles. The summed E-state index contributed by atoms with van der Waals surface area (Å²) in [5.41, 5.74) is 0.541. The molecule has 2 aromatic rings.